The van der Waals surface area contributed by atoms with Crippen molar-refractivity contribution in [2.24, 2.45) is 0 Å². The number of rotatable bonds is 1. The zero-order chi connectivity index (χ0) is 10.1. The van der Waals surface area contributed by atoms with E-state index in [4.69, 9.17) is 5.11 Å². The van der Waals surface area contributed by atoms with Gasteiger partial charge in [-0.3, -0.25) is 9.41 Å². The molecule has 0 atom stereocenters. The molecule has 0 amide bonds. The van der Waals surface area contributed by atoms with Crippen LogP contribution >= 0.6 is 17.0 Å². The van der Waals surface area contributed by atoms with Gasteiger partial charge in [0.2, 0.25) is 0 Å². The van der Waals surface area contributed by atoms with Gasteiger partial charge >= 0.3 is 0 Å². The van der Waals surface area contributed by atoms with Crippen LogP contribution in [0.4, 0.5) is 9.41 Å². The highest BCUT2D eigenvalue weighted by Gasteiger charge is 1.81. The van der Waals surface area contributed by atoms with Crippen LogP contribution in [0.1, 0.15) is 5.56 Å². The fourth-order valence-electron chi connectivity index (χ4n) is 0.968. The van der Waals surface area contributed by atoms with Gasteiger partial charge in [-0.1, -0.05) is 66.7 Å². The number of hydrogen-bond donors (Lipinski definition) is 1. The van der Waals surface area contributed by atoms with E-state index in [1.807, 2.05) is 66.7 Å². The quantitative estimate of drug-likeness (QED) is 0.851. The van der Waals surface area contributed by atoms with Gasteiger partial charge in [0.05, 0.1) is 6.61 Å². The third-order valence-corrected chi connectivity index (χ3v) is 1.69. The lowest BCUT2D eigenvalue weighted by atomic mass is 10.2. The van der Waals surface area contributed by atoms with E-state index in [0.717, 1.165) is 5.56 Å². The highest BCUT2D eigenvalue weighted by atomic mass is 79.9. The standard InChI is InChI=1S/C7H8O.C6H6.BrH.2FH/c8-6-7-4-2-1-3-5-7;1-2-4-6-5-3-1;;;/h1-5,8H,6H2;1-6H;3*1H. The Morgan fingerprint density at radius 1 is 0.647 bits per heavy atom. The highest BCUT2D eigenvalue weighted by molar-refractivity contribution is 8.93. The van der Waals surface area contributed by atoms with Gasteiger partial charge in [0.25, 0.3) is 0 Å². The first-order chi connectivity index (χ1) is 6.93. The lowest BCUT2D eigenvalue weighted by Gasteiger charge is -1.89. The first-order valence-corrected chi connectivity index (χ1v) is 4.58. The molecule has 0 radical (unpaired) electrons. The summed E-state index contributed by atoms with van der Waals surface area (Å²) in [5.74, 6) is 0. The lowest BCUT2D eigenvalue weighted by Crippen LogP contribution is -1.77. The maximum atomic E-state index is 8.54. The van der Waals surface area contributed by atoms with E-state index in [2.05, 4.69) is 0 Å². The average molecular weight is 307 g/mol. The summed E-state index contributed by atoms with van der Waals surface area (Å²) in [6.07, 6.45) is 0. The van der Waals surface area contributed by atoms with Crippen LogP contribution in [-0.2, 0) is 6.61 Å². The van der Waals surface area contributed by atoms with Crippen LogP contribution in [0.15, 0.2) is 66.7 Å². The molecule has 0 unspecified atom stereocenters. The second kappa shape index (κ2) is 14.7. The van der Waals surface area contributed by atoms with E-state index in [1.54, 1.807) is 0 Å². The Morgan fingerprint density at radius 3 is 1.18 bits per heavy atom. The zero-order valence-electron chi connectivity index (χ0n) is 9.23. The molecule has 0 fully saturated rings. The molecule has 1 N–H and O–H groups in total. The van der Waals surface area contributed by atoms with Crippen LogP contribution < -0.4 is 0 Å². The SMILES string of the molecule is Br.F.F.OCc1ccccc1.c1ccccc1. The number of aliphatic hydroxyl groups is 1. The van der Waals surface area contributed by atoms with E-state index < -0.39 is 0 Å². The van der Waals surface area contributed by atoms with Gasteiger partial charge in [0.15, 0.2) is 0 Å². The zero-order valence-corrected chi connectivity index (χ0v) is 10.9. The van der Waals surface area contributed by atoms with Crippen LogP contribution in [0.5, 0.6) is 0 Å². The van der Waals surface area contributed by atoms with Crippen molar-refractivity contribution in [2.75, 3.05) is 0 Å². The Kier molecular flexibility index (Phi) is 18.3. The molecule has 0 aromatic heterocycles. The summed E-state index contributed by atoms with van der Waals surface area (Å²) in [6, 6.07) is 21.5. The summed E-state index contributed by atoms with van der Waals surface area (Å²) < 4.78 is 0. The largest absolute Gasteiger partial charge is 0.392 e. The fraction of sp³-hybridized carbons (Fsp3) is 0.0769. The summed E-state index contributed by atoms with van der Waals surface area (Å²) >= 11 is 0. The fourth-order valence-corrected chi connectivity index (χ4v) is 0.968. The maximum absolute atomic E-state index is 8.54. The molecule has 0 saturated heterocycles. The molecular formula is C13H17BrF2O. The Hall–Kier alpha value is -1.26. The minimum atomic E-state index is 0. The molecule has 0 saturated carbocycles. The van der Waals surface area contributed by atoms with Gasteiger partial charge in [0.1, 0.15) is 0 Å². The minimum absolute atomic E-state index is 0. The molecule has 4 heteroatoms. The van der Waals surface area contributed by atoms with E-state index in [-0.39, 0.29) is 33.0 Å². The van der Waals surface area contributed by atoms with Gasteiger partial charge in [-0.05, 0) is 5.56 Å². The topological polar surface area (TPSA) is 20.2 Å². The molecule has 2 aromatic rings. The van der Waals surface area contributed by atoms with E-state index in [0.29, 0.717) is 0 Å². The molecule has 0 heterocycles. The van der Waals surface area contributed by atoms with Crippen molar-refractivity contribution < 1.29 is 14.5 Å². The van der Waals surface area contributed by atoms with Crippen molar-refractivity contribution in [3.8, 4) is 0 Å². The second-order valence-corrected chi connectivity index (χ2v) is 2.80. The second-order valence-electron chi connectivity index (χ2n) is 2.80. The monoisotopic (exact) mass is 306 g/mol. The summed E-state index contributed by atoms with van der Waals surface area (Å²) in [5, 5.41) is 8.54. The van der Waals surface area contributed by atoms with Gasteiger partial charge in [-0.25, -0.2) is 0 Å². The molecular weight excluding hydrogens is 290 g/mol. The van der Waals surface area contributed by atoms with E-state index in [1.165, 1.54) is 0 Å². The van der Waals surface area contributed by atoms with Crippen LogP contribution in [0.2, 0.25) is 0 Å². The lowest BCUT2D eigenvalue weighted by molar-refractivity contribution is 0.282. The first kappa shape index (κ1) is 21.1. The molecule has 0 aliphatic carbocycles. The van der Waals surface area contributed by atoms with Crippen molar-refractivity contribution in [3.05, 3.63) is 72.3 Å². The number of halogens is 3. The Bertz CT molecular complexity index is 303. The number of benzene rings is 2. The predicted molar refractivity (Wildman–Crippen MR) is 74.1 cm³/mol. The number of hydrogen-bond acceptors (Lipinski definition) is 1. The van der Waals surface area contributed by atoms with Crippen molar-refractivity contribution in [1.82, 2.24) is 0 Å². The normalized spacial score (nSPS) is 7.12. The summed E-state index contributed by atoms with van der Waals surface area (Å²) in [7, 11) is 0. The van der Waals surface area contributed by atoms with Crippen LogP contribution in [0, 0.1) is 0 Å². The first-order valence-electron chi connectivity index (χ1n) is 4.58. The molecule has 2 rings (SSSR count). The average Bonchev–Trinajstić information content (AvgIpc) is 2.33. The van der Waals surface area contributed by atoms with Gasteiger partial charge in [-0.15, -0.1) is 17.0 Å². The van der Waals surface area contributed by atoms with Crippen molar-refractivity contribution in [3.63, 3.8) is 0 Å². The van der Waals surface area contributed by atoms with Crippen LogP contribution in [0.3, 0.4) is 0 Å². The minimum Gasteiger partial charge on any atom is -0.392 e. The Balaban J connectivity index is -0.000000201. The molecule has 0 bridgehead atoms. The molecule has 0 spiro atoms. The van der Waals surface area contributed by atoms with Gasteiger partial charge < -0.3 is 5.11 Å². The van der Waals surface area contributed by atoms with Gasteiger partial charge in [0, 0.05) is 0 Å². The van der Waals surface area contributed by atoms with Crippen molar-refractivity contribution in [1.29, 1.82) is 0 Å². The molecule has 96 valence electrons. The summed E-state index contributed by atoms with van der Waals surface area (Å²) in [4.78, 5) is 0. The highest BCUT2D eigenvalue weighted by Crippen LogP contribution is 1.95. The molecule has 0 aliphatic heterocycles. The van der Waals surface area contributed by atoms with E-state index >= 15 is 0 Å². The molecule has 1 nitrogen and oxygen atoms in total. The molecule has 0 aliphatic rings. The van der Waals surface area contributed by atoms with E-state index in [9.17, 15) is 0 Å². The maximum Gasteiger partial charge on any atom is 0.0681 e. The predicted octanol–water partition coefficient (Wildman–Crippen LogP) is 3.75. The smallest absolute Gasteiger partial charge is 0.0681 e. The molecule has 17 heavy (non-hydrogen) atoms. The van der Waals surface area contributed by atoms with Gasteiger partial charge in [-0.2, -0.15) is 0 Å². The van der Waals surface area contributed by atoms with Crippen LogP contribution in [-0.4, -0.2) is 5.11 Å². The van der Waals surface area contributed by atoms with Crippen molar-refractivity contribution >= 4 is 17.0 Å². The Morgan fingerprint density at radius 2 is 0.941 bits per heavy atom. The van der Waals surface area contributed by atoms with Crippen LogP contribution in [0.25, 0.3) is 0 Å². The third kappa shape index (κ3) is 11.0. The number of aliphatic hydroxyl groups excluding tert-OH is 1. The summed E-state index contributed by atoms with van der Waals surface area (Å²) in [6.45, 7) is 0.140. The Labute approximate surface area is 111 Å². The third-order valence-electron chi connectivity index (χ3n) is 1.69. The summed E-state index contributed by atoms with van der Waals surface area (Å²) in [5.41, 5.74) is 0.965. The molecule has 2 aromatic carbocycles. The van der Waals surface area contributed by atoms with Crippen molar-refractivity contribution in [2.45, 2.75) is 6.61 Å².